The summed E-state index contributed by atoms with van der Waals surface area (Å²) in [7, 11) is -2.90. The zero-order chi connectivity index (χ0) is 19.2. The van der Waals surface area contributed by atoms with Crippen LogP contribution in [0.1, 0.15) is 21.7 Å². The molecule has 0 saturated heterocycles. The smallest absolute Gasteiger partial charge is 0.420 e. The molecule has 0 saturated carbocycles. The highest BCUT2D eigenvalue weighted by molar-refractivity contribution is 7.90. The first-order valence-electron chi connectivity index (χ1n) is 7.58. The number of amides is 2. The molecular formula is C16H18N4O5S. The lowest BCUT2D eigenvalue weighted by molar-refractivity contribution is 0.0948. The van der Waals surface area contributed by atoms with Gasteiger partial charge in [0.15, 0.2) is 0 Å². The number of aryl methyl sites for hydroxylation is 1. The lowest BCUT2D eigenvalue weighted by Gasteiger charge is -2.07. The molecule has 138 valence electrons. The van der Waals surface area contributed by atoms with Crippen molar-refractivity contribution in [2.24, 2.45) is 0 Å². The molecule has 0 fully saturated rings. The number of hydrogen-bond acceptors (Lipinski definition) is 7. The molecule has 0 unspecified atom stereocenters. The number of benzene rings is 1. The molecule has 26 heavy (non-hydrogen) atoms. The average molecular weight is 378 g/mol. The van der Waals surface area contributed by atoms with Crippen LogP contribution in [-0.2, 0) is 21.2 Å². The lowest BCUT2D eigenvalue weighted by atomic mass is 10.1. The van der Waals surface area contributed by atoms with Crippen LogP contribution in [0.4, 0.5) is 4.79 Å². The molecule has 1 aromatic heterocycles. The number of nitrogens with one attached hydrogen (secondary N) is 2. The van der Waals surface area contributed by atoms with Gasteiger partial charge in [0.25, 0.3) is 15.9 Å². The first kappa shape index (κ1) is 19.3. The molecule has 2 N–H and O–H groups in total. The summed E-state index contributed by atoms with van der Waals surface area (Å²) in [5, 5.41) is 2.71. The fourth-order valence-corrected chi connectivity index (χ4v) is 2.88. The zero-order valence-corrected chi connectivity index (χ0v) is 15.0. The van der Waals surface area contributed by atoms with Crippen LogP contribution < -0.4 is 10.0 Å². The molecule has 1 heterocycles. The van der Waals surface area contributed by atoms with Crippen LogP contribution in [0.3, 0.4) is 0 Å². The number of nitrogens with zero attached hydrogens (tertiary/aromatic N) is 2. The fourth-order valence-electron chi connectivity index (χ4n) is 1.97. The van der Waals surface area contributed by atoms with Gasteiger partial charge in [-0.1, -0.05) is 12.1 Å². The number of hydrogen-bond donors (Lipinski definition) is 2. The average Bonchev–Trinajstić information content (AvgIpc) is 2.62. The van der Waals surface area contributed by atoms with Crippen molar-refractivity contribution in [3.05, 3.63) is 53.6 Å². The summed E-state index contributed by atoms with van der Waals surface area (Å²) in [4.78, 5) is 30.9. The highest BCUT2D eigenvalue weighted by Crippen LogP contribution is 2.11. The van der Waals surface area contributed by atoms with Gasteiger partial charge in [0, 0.05) is 12.7 Å². The molecule has 2 aromatic rings. The van der Waals surface area contributed by atoms with E-state index in [1.165, 1.54) is 24.5 Å². The Morgan fingerprint density at radius 2 is 1.81 bits per heavy atom. The molecule has 0 atom stereocenters. The molecule has 0 bridgehead atoms. The van der Waals surface area contributed by atoms with E-state index >= 15 is 0 Å². The molecule has 0 aliphatic carbocycles. The molecule has 10 heteroatoms. The Morgan fingerprint density at radius 1 is 1.12 bits per heavy atom. The predicted molar refractivity (Wildman–Crippen MR) is 92.0 cm³/mol. The minimum Gasteiger partial charge on any atom is -0.452 e. The van der Waals surface area contributed by atoms with Gasteiger partial charge in [0.2, 0.25) is 0 Å². The number of sulfonamides is 1. The molecule has 1 aromatic carbocycles. The van der Waals surface area contributed by atoms with Crippen molar-refractivity contribution in [1.82, 2.24) is 20.0 Å². The number of ether oxygens (including phenoxy) is 1. The van der Waals surface area contributed by atoms with Crippen LogP contribution in [0, 0.1) is 6.92 Å². The lowest BCUT2D eigenvalue weighted by Crippen LogP contribution is -2.30. The molecular weight excluding hydrogens is 360 g/mol. The number of carbonyl (C=O) groups excluding carboxylic acids is 2. The number of carbonyl (C=O) groups is 2. The third-order valence-corrected chi connectivity index (χ3v) is 4.68. The maximum absolute atomic E-state index is 11.9. The Balaban J connectivity index is 1.90. The van der Waals surface area contributed by atoms with Gasteiger partial charge in [-0.05, 0) is 31.0 Å². The topological polar surface area (TPSA) is 127 Å². The van der Waals surface area contributed by atoms with E-state index in [1.807, 2.05) is 0 Å². The van der Waals surface area contributed by atoms with E-state index in [9.17, 15) is 18.0 Å². The predicted octanol–water partition coefficient (Wildman–Crippen LogP) is 0.802. The Labute approximate surface area is 150 Å². The van der Waals surface area contributed by atoms with E-state index < -0.39 is 16.1 Å². The molecule has 0 radical (unpaired) electrons. The van der Waals surface area contributed by atoms with Crippen LogP contribution in [0.2, 0.25) is 0 Å². The van der Waals surface area contributed by atoms with Crippen molar-refractivity contribution >= 4 is 22.0 Å². The third kappa shape index (κ3) is 5.24. The summed E-state index contributed by atoms with van der Waals surface area (Å²) in [6.07, 6.45) is 2.35. The standard InChI is InChI=1S/C16H18N4O5S/c1-11-9-19-14(10-18-11)15(21)17-8-7-12-3-5-13(6-4-12)26(23,24)20-16(22)25-2/h3-6,9-10H,7-8H2,1-2H3,(H,17,21)(H,20,22). The van der Waals surface area contributed by atoms with Gasteiger partial charge in [-0.2, -0.15) is 0 Å². The van der Waals surface area contributed by atoms with Crippen LogP contribution in [0.15, 0.2) is 41.6 Å². The van der Waals surface area contributed by atoms with Gasteiger partial charge >= 0.3 is 6.09 Å². The number of methoxy groups -OCH3 is 1. The summed E-state index contributed by atoms with van der Waals surface area (Å²) in [5.41, 5.74) is 1.77. The van der Waals surface area contributed by atoms with Crippen molar-refractivity contribution in [3.63, 3.8) is 0 Å². The molecule has 0 spiro atoms. The van der Waals surface area contributed by atoms with Crippen LogP contribution >= 0.6 is 0 Å². The largest absolute Gasteiger partial charge is 0.452 e. The SMILES string of the molecule is COC(=O)NS(=O)(=O)c1ccc(CCNC(=O)c2cnc(C)cn2)cc1. The van der Waals surface area contributed by atoms with Crippen molar-refractivity contribution in [1.29, 1.82) is 0 Å². The second kappa shape index (κ2) is 8.39. The second-order valence-corrected chi connectivity index (χ2v) is 6.97. The van der Waals surface area contributed by atoms with Gasteiger partial charge in [-0.15, -0.1) is 0 Å². The number of aromatic nitrogens is 2. The molecule has 0 aliphatic rings. The van der Waals surface area contributed by atoms with Crippen molar-refractivity contribution in [3.8, 4) is 0 Å². The quantitative estimate of drug-likeness (QED) is 0.761. The second-order valence-electron chi connectivity index (χ2n) is 5.29. The summed E-state index contributed by atoms with van der Waals surface area (Å²) in [6, 6.07) is 5.94. The van der Waals surface area contributed by atoms with E-state index in [0.717, 1.165) is 18.4 Å². The van der Waals surface area contributed by atoms with Crippen LogP contribution in [0.25, 0.3) is 0 Å². The van der Waals surface area contributed by atoms with Crippen LogP contribution in [-0.4, -0.2) is 44.0 Å². The van der Waals surface area contributed by atoms with Crippen LogP contribution in [0.5, 0.6) is 0 Å². The minimum absolute atomic E-state index is 0.0642. The number of rotatable bonds is 6. The summed E-state index contributed by atoms with van der Waals surface area (Å²) < 4.78 is 29.9. The minimum atomic E-state index is -3.97. The van der Waals surface area contributed by atoms with Gasteiger partial charge in [-0.25, -0.2) is 22.9 Å². The fraction of sp³-hybridized carbons (Fsp3) is 0.250. The van der Waals surface area contributed by atoms with Gasteiger partial charge in [0.05, 0.1) is 23.9 Å². The summed E-state index contributed by atoms with van der Waals surface area (Å²) in [5.74, 6) is -0.334. The normalized spacial score (nSPS) is 10.8. The van der Waals surface area contributed by atoms with Gasteiger partial charge < -0.3 is 10.1 Å². The highest BCUT2D eigenvalue weighted by atomic mass is 32.2. The zero-order valence-electron chi connectivity index (χ0n) is 14.2. The van der Waals surface area contributed by atoms with Crippen molar-refractivity contribution in [2.75, 3.05) is 13.7 Å². The Hall–Kier alpha value is -3.01. The first-order chi connectivity index (χ1) is 12.3. The van der Waals surface area contributed by atoms with E-state index in [2.05, 4.69) is 20.0 Å². The monoisotopic (exact) mass is 378 g/mol. The Bertz CT molecular complexity index is 880. The van der Waals surface area contributed by atoms with E-state index in [0.29, 0.717) is 13.0 Å². The first-order valence-corrected chi connectivity index (χ1v) is 9.06. The van der Waals surface area contributed by atoms with E-state index in [4.69, 9.17) is 0 Å². The van der Waals surface area contributed by atoms with Crippen molar-refractivity contribution < 1.29 is 22.7 Å². The van der Waals surface area contributed by atoms with E-state index in [1.54, 1.807) is 23.8 Å². The van der Waals surface area contributed by atoms with Gasteiger partial charge in [-0.3, -0.25) is 9.78 Å². The van der Waals surface area contributed by atoms with E-state index in [-0.39, 0.29) is 16.5 Å². The Kier molecular flexibility index (Phi) is 6.23. The summed E-state index contributed by atoms with van der Waals surface area (Å²) >= 11 is 0. The van der Waals surface area contributed by atoms with Crippen molar-refractivity contribution in [2.45, 2.75) is 18.2 Å². The maximum Gasteiger partial charge on any atom is 0.420 e. The molecule has 2 amide bonds. The third-order valence-electron chi connectivity index (χ3n) is 3.35. The summed E-state index contributed by atoms with van der Waals surface area (Å²) in [6.45, 7) is 2.13. The molecule has 2 rings (SSSR count). The molecule has 9 nitrogen and oxygen atoms in total. The highest BCUT2D eigenvalue weighted by Gasteiger charge is 2.17. The maximum atomic E-state index is 11.9. The molecule has 0 aliphatic heterocycles. The van der Waals surface area contributed by atoms with Gasteiger partial charge in [0.1, 0.15) is 5.69 Å². The Morgan fingerprint density at radius 3 is 2.38 bits per heavy atom.